The Bertz CT molecular complexity index is 6770. The lowest BCUT2D eigenvalue weighted by molar-refractivity contribution is 0.803. The Morgan fingerprint density at radius 1 is 0.226 bits per heavy atom. The highest BCUT2D eigenvalue weighted by Crippen LogP contribution is 2.68. The van der Waals surface area contributed by atoms with Crippen molar-refractivity contribution >= 4 is 98.8 Å². The van der Waals surface area contributed by atoms with Crippen molar-refractivity contribution in [3.05, 3.63) is 417 Å². The summed E-state index contributed by atoms with van der Waals surface area (Å²) in [5.41, 5.74) is 35.8. The Morgan fingerprint density at radius 3 is 1.17 bits per heavy atom. The van der Waals surface area contributed by atoms with E-state index in [2.05, 4.69) is 378 Å². The van der Waals surface area contributed by atoms with Crippen LogP contribution in [-0.2, 0) is 17.3 Å². The highest BCUT2D eigenvalue weighted by molar-refractivity contribution is 6.23. The fourth-order valence-corrected chi connectivity index (χ4v) is 20.3. The van der Waals surface area contributed by atoms with Gasteiger partial charge in [0.2, 0.25) is 0 Å². The average Bonchev–Trinajstić information content (AvgIpc) is 1.50. The van der Waals surface area contributed by atoms with Crippen LogP contribution in [0.5, 0.6) is 0 Å². The molecule has 0 bridgehead atoms. The van der Waals surface area contributed by atoms with Crippen LogP contribution in [-0.4, -0.2) is 0 Å². The molecule has 0 aliphatic heterocycles. The number of fused-ring (bicyclic) bond motifs is 32. The van der Waals surface area contributed by atoms with E-state index < -0.39 is 10.8 Å². The summed E-state index contributed by atoms with van der Waals surface area (Å²) < 4.78 is 0. The van der Waals surface area contributed by atoms with Crippen molar-refractivity contribution in [1.29, 1.82) is 0 Å². The van der Waals surface area contributed by atoms with Crippen molar-refractivity contribution in [2.75, 3.05) is 9.80 Å². The third-order valence-electron chi connectivity index (χ3n) is 24.5. The van der Waals surface area contributed by atoms with E-state index in [1.165, 1.54) is 204 Å². The number of para-hydroxylation sites is 1. The molecule has 0 heterocycles. The summed E-state index contributed by atoms with van der Waals surface area (Å²) in [5, 5.41) is 15.2. The molecule has 22 rings (SSSR count). The summed E-state index contributed by atoms with van der Waals surface area (Å²) >= 11 is 0. The molecule has 0 fully saturated rings. The largest absolute Gasteiger partial charge is 0.310 e. The topological polar surface area (TPSA) is 6.48 Å². The van der Waals surface area contributed by atoms with E-state index in [-0.39, 0.29) is 0 Å². The second-order valence-corrected chi connectivity index (χ2v) is 30.5. The van der Waals surface area contributed by atoms with Gasteiger partial charge in [0.05, 0.1) is 10.8 Å². The molecule has 498 valence electrons. The molecule has 0 atom stereocenters. The van der Waals surface area contributed by atoms with Crippen molar-refractivity contribution in [3.8, 4) is 44.5 Å². The van der Waals surface area contributed by atoms with Gasteiger partial charge in [-0.25, -0.2) is 0 Å². The summed E-state index contributed by atoms with van der Waals surface area (Å²) in [6.45, 7) is 11.1. The summed E-state index contributed by atoms with van der Waals surface area (Å²) in [6.07, 6.45) is 0.777. The molecule has 18 aromatic rings. The third-order valence-corrected chi connectivity index (χ3v) is 24.5. The molecule has 2 spiro atoms. The average molecular weight is 1350 g/mol. The zero-order valence-corrected chi connectivity index (χ0v) is 59.9. The molecular formula is C104H72N2. The van der Waals surface area contributed by atoms with Crippen LogP contribution in [0.15, 0.2) is 334 Å². The van der Waals surface area contributed by atoms with Crippen molar-refractivity contribution in [1.82, 2.24) is 0 Å². The molecule has 18 aromatic carbocycles. The first-order chi connectivity index (χ1) is 52.1. The van der Waals surface area contributed by atoms with Crippen molar-refractivity contribution in [2.45, 2.75) is 51.9 Å². The van der Waals surface area contributed by atoms with Crippen LogP contribution in [0.2, 0.25) is 0 Å². The molecule has 0 radical (unpaired) electrons. The zero-order chi connectivity index (χ0) is 70.4. The number of benzene rings is 18. The Balaban J connectivity index is 0.678. The van der Waals surface area contributed by atoms with Crippen LogP contribution in [0.3, 0.4) is 0 Å². The van der Waals surface area contributed by atoms with Gasteiger partial charge in [0.15, 0.2) is 0 Å². The Kier molecular flexibility index (Phi) is 12.9. The van der Waals surface area contributed by atoms with Crippen LogP contribution >= 0.6 is 0 Å². The normalized spacial score (nSPS) is 13.5. The van der Waals surface area contributed by atoms with E-state index in [4.69, 9.17) is 0 Å². The molecular weight excluding hydrogens is 1280 g/mol. The Hall–Kier alpha value is -12.9. The first kappa shape index (κ1) is 60.7. The van der Waals surface area contributed by atoms with Gasteiger partial charge < -0.3 is 9.80 Å². The minimum absolute atomic E-state index is 0.537. The fraction of sp³-hybridized carbons (Fsp3) is 0.0769. The standard InChI is InChI=1S/C104H72N2/c1-62-38-39-66(5)98(53-62)105(74-47-43-69-58-89-95(60-71(69)56-74)103(91-33-17-13-26-80(91)81-27-14-18-34-92(81)103)101-86-32-12-9-24-78(86)77-23-7-10-30-84(77)99(89)101)73-45-40-67(41-46-73)54-68-42-49-87-88(55-68)79-25-8-11-31-85(79)100-90-59-70-44-48-75(106(97-37-21-6-22-65(97)4)76-51-63(2)50-64(3)52-76)57-72(70)61-96(90)104(102(87)100)93-35-19-15-28-82(93)83-29-16-20-36-94(83)104/h6-53,55-61H,54H2,1-5H3. The molecule has 4 aliphatic rings. The minimum Gasteiger partial charge on any atom is -0.310 e. The zero-order valence-electron chi connectivity index (χ0n) is 59.9. The van der Waals surface area contributed by atoms with E-state index >= 15 is 0 Å². The predicted molar refractivity (Wildman–Crippen MR) is 446 cm³/mol. The second kappa shape index (κ2) is 22.6. The van der Waals surface area contributed by atoms with Crippen LogP contribution in [0.25, 0.3) is 109 Å². The van der Waals surface area contributed by atoms with Crippen LogP contribution in [0.1, 0.15) is 83.5 Å². The monoisotopic (exact) mass is 1350 g/mol. The maximum atomic E-state index is 2.57. The molecule has 4 aliphatic carbocycles. The van der Waals surface area contributed by atoms with E-state index in [0.29, 0.717) is 0 Å². The van der Waals surface area contributed by atoms with Crippen LogP contribution in [0.4, 0.5) is 34.1 Å². The number of aryl methyl sites for hydroxylation is 5. The summed E-state index contributed by atoms with van der Waals surface area (Å²) in [5.74, 6) is 0. The number of anilines is 6. The van der Waals surface area contributed by atoms with Gasteiger partial charge in [-0.1, -0.05) is 249 Å². The molecule has 2 nitrogen and oxygen atoms in total. The molecule has 106 heavy (non-hydrogen) atoms. The number of nitrogens with zero attached hydrogens (tertiary/aromatic N) is 2. The van der Waals surface area contributed by atoms with Gasteiger partial charge >= 0.3 is 0 Å². The van der Waals surface area contributed by atoms with E-state index in [9.17, 15) is 0 Å². The number of rotatable bonds is 8. The summed E-state index contributed by atoms with van der Waals surface area (Å²) in [6, 6.07) is 128. The van der Waals surface area contributed by atoms with E-state index in [1.54, 1.807) is 0 Å². The molecule has 2 heteroatoms. The van der Waals surface area contributed by atoms with Crippen molar-refractivity contribution < 1.29 is 0 Å². The first-order valence-electron chi connectivity index (χ1n) is 37.5. The Labute approximate surface area is 618 Å². The fourth-order valence-electron chi connectivity index (χ4n) is 20.3. The smallest absolute Gasteiger partial charge is 0.0731 e. The van der Waals surface area contributed by atoms with Crippen LogP contribution in [0, 0.1) is 34.6 Å². The molecule has 0 saturated carbocycles. The van der Waals surface area contributed by atoms with E-state index in [0.717, 1.165) is 29.2 Å². The molecule has 0 saturated heterocycles. The van der Waals surface area contributed by atoms with Crippen LogP contribution < -0.4 is 9.80 Å². The van der Waals surface area contributed by atoms with Gasteiger partial charge in [-0.05, 0) is 319 Å². The second-order valence-electron chi connectivity index (χ2n) is 30.5. The van der Waals surface area contributed by atoms with Gasteiger partial charge in [-0.3, -0.25) is 0 Å². The number of hydrogen-bond donors (Lipinski definition) is 0. The van der Waals surface area contributed by atoms with Gasteiger partial charge in [0, 0.05) is 34.1 Å². The van der Waals surface area contributed by atoms with Gasteiger partial charge in [-0.2, -0.15) is 0 Å². The number of hydrogen-bond acceptors (Lipinski definition) is 2. The lowest BCUT2D eigenvalue weighted by atomic mass is 9.69. The predicted octanol–water partition coefficient (Wildman–Crippen LogP) is 27.4. The SMILES string of the molecule is Cc1cc(C)cc(N(c2ccc3cc4c(cc3c2)C2(c3ccccc3-c3ccccc32)c2c-4c3ccccc3c3cc(Cc4ccc(N(c5ccc6cc7c(cc6c5)C5(c6ccccc6-c6ccccc65)c5c-7c6ccccc6c6ccccc56)c5cc(C)ccc5C)cc4)ccc23)c2ccccc2C)c1. The van der Waals surface area contributed by atoms with Gasteiger partial charge in [0.25, 0.3) is 0 Å². The van der Waals surface area contributed by atoms with Crippen molar-refractivity contribution in [3.63, 3.8) is 0 Å². The third kappa shape index (κ3) is 8.38. The maximum absolute atomic E-state index is 2.57. The summed E-state index contributed by atoms with van der Waals surface area (Å²) in [4.78, 5) is 4.95. The molecule has 0 unspecified atom stereocenters. The molecule has 0 aromatic heterocycles. The lowest BCUT2D eigenvalue weighted by Crippen LogP contribution is -2.26. The Morgan fingerprint density at radius 2 is 0.642 bits per heavy atom. The summed E-state index contributed by atoms with van der Waals surface area (Å²) in [7, 11) is 0. The molecule has 0 N–H and O–H groups in total. The van der Waals surface area contributed by atoms with E-state index in [1.807, 2.05) is 0 Å². The lowest BCUT2D eigenvalue weighted by Gasteiger charge is -2.32. The highest BCUT2D eigenvalue weighted by Gasteiger charge is 2.55. The quantitative estimate of drug-likeness (QED) is 0.140. The van der Waals surface area contributed by atoms with Gasteiger partial charge in [0.1, 0.15) is 0 Å². The maximum Gasteiger partial charge on any atom is 0.0731 e. The van der Waals surface area contributed by atoms with Gasteiger partial charge in [-0.15, -0.1) is 0 Å². The molecule has 0 amide bonds. The van der Waals surface area contributed by atoms with Crippen molar-refractivity contribution in [2.24, 2.45) is 0 Å². The minimum atomic E-state index is -0.593. The highest BCUT2D eigenvalue weighted by atomic mass is 15.1. The first-order valence-corrected chi connectivity index (χ1v) is 37.5.